The summed E-state index contributed by atoms with van der Waals surface area (Å²) < 4.78 is 0. The lowest BCUT2D eigenvalue weighted by Gasteiger charge is -2.17. The third kappa shape index (κ3) is 2.57. The van der Waals surface area contributed by atoms with Crippen LogP contribution in [0.2, 0.25) is 0 Å². The number of fused-ring (bicyclic) bond motifs is 1. The number of hydrogen-bond acceptors (Lipinski definition) is 0. The average Bonchev–Trinajstić information content (AvgIpc) is 3.07. The highest BCUT2D eigenvalue weighted by atomic mass is 16.3. The maximum atomic E-state index is 11.1. The van der Waals surface area contributed by atoms with Gasteiger partial charge in [0.15, 0.2) is 0 Å². The largest absolute Gasteiger partial charge is 0.232 e. The van der Waals surface area contributed by atoms with Crippen molar-refractivity contribution in [3.8, 4) is 11.1 Å². The summed E-state index contributed by atoms with van der Waals surface area (Å²) in [7, 11) is 0. The Kier molecular flexibility index (Phi) is 3.79. The van der Waals surface area contributed by atoms with Crippen molar-refractivity contribution >= 4 is 10.8 Å². The molecule has 1 aliphatic carbocycles. The third-order valence-corrected chi connectivity index (χ3v) is 4.74. The molecule has 3 aromatic carbocycles. The lowest BCUT2D eigenvalue weighted by molar-refractivity contribution is 0.177. The molecular weight excluding hydrogens is 292 g/mol. The van der Waals surface area contributed by atoms with Crippen LogP contribution >= 0.6 is 0 Å². The number of allylic oxidation sites excluding steroid dienone is 4. The van der Waals surface area contributed by atoms with Gasteiger partial charge < -0.3 is 0 Å². The van der Waals surface area contributed by atoms with Crippen molar-refractivity contribution in [3.63, 3.8) is 0 Å². The summed E-state index contributed by atoms with van der Waals surface area (Å²) in [5.41, 5.74) is 5.89. The van der Waals surface area contributed by atoms with E-state index in [4.69, 9.17) is 0 Å². The van der Waals surface area contributed by atoms with E-state index in [1.807, 2.05) is 12.1 Å². The van der Waals surface area contributed by atoms with Crippen molar-refractivity contribution in [2.75, 3.05) is 0 Å². The van der Waals surface area contributed by atoms with Gasteiger partial charge in [0.1, 0.15) is 6.61 Å². The first kappa shape index (κ1) is 14.9. The smallest absolute Gasteiger partial charge is 0.107 e. The minimum Gasteiger partial charge on any atom is -0.232 e. The standard InChI is InChI=1S/C23H19O/c1-16-6-9-20(14-16)22-13-12-18-4-2-3-5-21(18)23(22)19-10-7-17(15-24)8-11-19/h2-14,20H,15H2,1H3. The second-order valence-electron chi connectivity index (χ2n) is 6.39. The summed E-state index contributed by atoms with van der Waals surface area (Å²) in [5, 5.41) is 13.6. The zero-order valence-corrected chi connectivity index (χ0v) is 13.7. The Balaban J connectivity index is 1.97. The fourth-order valence-electron chi connectivity index (χ4n) is 3.50. The molecule has 3 aromatic rings. The van der Waals surface area contributed by atoms with Crippen LogP contribution in [0, 0.1) is 0 Å². The molecule has 1 unspecified atom stereocenters. The van der Waals surface area contributed by atoms with E-state index in [0.29, 0.717) is 5.92 Å². The number of hydrogen-bond donors (Lipinski definition) is 0. The molecule has 1 nitrogen and oxygen atoms in total. The number of rotatable bonds is 3. The fraction of sp³-hybridized carbons (Fsp3) is 0.130. The van der Waals surface area contributed by atoms with Gasteiger partial charge in [-0.3, -0.25) is 0 Å². The van der Waals surface area contributed by atoms with Crippen LogP contribution in [0.4, 0.5) is 0 Å². The van der Waals surface area contributed by atoms with Gasteiger partial charge in [0.25, 0.3) is 0 Å². The predicted molar refractivity (Wildman–Crippen MR) is 99.4 cm³/mol. The molecule has 0 amide bonds. The van der Waals surface area contributed by atoms with Gasteiger partial charge in [-0.05, 0) is 39.9 Å². The van der Waals surface area contributed by atoms with Gasteiger partial charge in [-0.15, -0.1) is 0 Å². The van der Waals surface area contributed by atoms with E-state index in [1.54, 1.807) is 0 Å². The molecular formula is C23H19O. The van der Waals surface area contributed by atoms with Crippen molar-refractivity contribution in [3.05, 3.63) is 95.6 Å². The summed E-state index contributed by atoms with van der Waals surface area (Å²) in [4.78, 5) is 0. The molecule has 0 aliphatic heterocycles. The van der Waals surface area contributed by atoms with E-state index < -0.39 is 0 Å². The maximum absolute atomic E-state index is 11.1. The fourth-order valence-corrected chi connectivity index (χ4v) is 3.50. The summed E-state index contributed by atoms with van der Waals surface area (Å²) in [6.07, 6.45) is 6.75. The van der Waals surface area contributed by atoms with Crippen molar-refractivity contribution in [2.24, 2.45) is 0 Å². The molecule has 0 saturated carbocycles. The van der Waals surface area contributed by atoms with Gasteiger partial charge in [-0.1, -0.05) is 84.5 Å². The molecule has 117 valence electrons. The molecule has 0 heterocycles. The second kappa shape index (κ2) is 6.10. The highest BCUT2D eigenvalue weighted by Crippen LogP contribution is 2.39. The topological polar surface area (TPSA) is 19.9 Å². The molecule has 0 saturated heterocycles. The molecule has 0 N–H and O–H groups in total. The quantitative estimate of drug-likeness (QED) is 0.562. The number of benzene rings is 3. The van der Waals surface area contributed by atoms with E-state index >= 15 is 0 Å². The van der Waals surface area contributed by atoms with E-state index in [1.165, 1.54) is 33.0 Å². The second-order valence-corrected chi connectivity index (χ2v) is 6.39. The minimum atomic E-state index is -0.171. The maximum Gasteiger partial charge on any atom is 0.107 e. The monoisotopic (exact) mass is 311 g/mol. The van der Waals surface area contributed by atoms with Crippen LogP contribution in [0.25, 0.3) is 21.9 Å². The molecule has 0 fully saturated rings. The van der Waals surface area contributed by atoms with Crippen molar-refractivity contribution in [1.82, 2.24) is 0 Å². The Morgan fingerprint density at radius 1 is 0.917 bits per heavy atom. The molecule has 4 rings (SSSR count). The SMILES string of the molecule is CC1=CC(c2ccc3ccccc3c2-c2ccc(C[O])cc2)C=C1. The van der Waals surface area contributed by atoms with Crippen molar-refractivity contribution < 1.29 is 5.11 Å². The van der Waals surface area contributed by atoms with Gasteiger partial charge in [-0.25, -0.2) is 5.11 Å². The highest BCUT2D eigenvalue weighted by molar-refractivity contribution is 5.98. The first-order valence-corrected chi connectivity index (χ1v) is 8.32. The summed E-state index contributed by atoms with van der Waals surface area (Å²) in [6.45, 7) is 1.97. The van der Waals surface area contributed by atoms with E-state index in [-0.39, 0.29) is 6.61 Å². The summed E-state index contributed by atoms with van der Waals surface area (Å²) >= 11 is 0. The van der Waals surface area contributed by atoms with Crippen molar-refractivity contribution in [1.29, 1.82) is 0 Å². The molecule has 0 spiro atoms. The Morgan fingerprint density at radius 2 is 1.71 bits per heavy atom. The van der Waals surface area contributed by atoms with Crippen LogP contribution in [-0.4, -0.2) is 0 Å². The predicted octanol–water partition coefficient (Wildman–Crippen LogP) is 6.04. The third-order valence-electron chi connectivity index (χ3n) is 4.74. The molecule has 24 heavy (non-hydrogen) atoms. The van der Waals surface area contributed by atoms with Crippen LogP contribution in [-0.2, 0) is 11.7 Å². The van der Waals surface area contributed by atoms with Gasteiger partial charge >= 0.3 is 0 Å². The zero-order valence-electron chi connectivity index (χ0n) is 13.7. The lowest BCUT2D eigenvalue weighted by atomic mass is 9.87. The van der Waals surface area contributed by atoms with E-state index in [9.17, 15) is 5.11 Å². The van der Waals surface area contributed by atoms with E-state index in [2.05, 4.69) is 73.7 Å². The molecule has 1 atom stereocenters. The van der Waals surface area contributed by atoms with Crippen LogP contribution in [0.5, 0.6) is 0 Å². The van der Waals surface area contributed by atoms with Gasteiger partial charge in [0.2, 0.25) is 0 Å². The van der Waals surface area contributed by atoms with Crippen LogP contribution in [0.1, 0.15) is 24.0 Å². The van der Waals surface area contributed by atoms with Gasteiger partial charge in [0, 0.05) is 5.92 Å². The first-order valence-electron chi connectivity index (χ1n) is 8.32. The highest BCUT2D eigenvalue weighted by Gasteiger charge is 2.17. The molecule has 1 heteroatoms. The summed E-state index contributed by atoms with van der Waals surface area (Å²) in [5.74, 6) is 0.309. The van der Waals surface area contributed by atoms with Gasteiger partial charge in [0.05, 0.1) is 0 Å². The van der Waals surface area contributed by atoms with Crippen LogP contribution in [0.3, 0.4) is 0 Å². The Morgan fingerprint density at radius 3 is 2.42 bits per heavy atom. The Labute approximate surface area is 142 Å². The molecule has 0 bridgehead atoms. The van der Waals surface area contributed by atoms with E-state index in [0.717, 1.165) is 5.56 Å². The van der Waals surface area contributed by atoms with Crippen LogP contribution in [0.15, 0.2) is 84.5 Å². The molecule has 1 aliphatic rings. The zero-order chi connectivity index (χ0) is 16.5. The lowest BCUT2D eigenvalue weighted by Crippen LogP contribution is -1.95. The van der Waals surface area contributed by atoms with Crippen LogP contribution < -0.4 is 0 Å². The Hall–Kier alpha value is -2.64. The van der Waals surface area contributed by atoms with Gasteiger partial charge in [-0.2, -0.15) is 0 Å². The normalized spacial score (nSPS) is 16.6. The van der Waals surface area contributed by atoms with Crippen molar-refractivity contribution in [2.45, 2.75) is 19.4 Å². The minimum absolute atomic E-state index is 0.171. The first-order chi connectivity index (χ1) is 11.8. The summed E-state index contributed by atoms with van der Waals surface area (Å²) in [6, 6.07) is 21.0. The average molecular weight is 311 g/mol. The Bertz CT molecular complexity index is 945. The molecule has 0 aromatic heterocycles. The molecule has 1 radical (unpaired) electrons.